The lowest BCUT2D eigenvalue weighted by Gasteiger charge is -2.30. The molecule has 0 saturated carbocycles. The maximum Gasteiger partial charge on any atom is 0.230 e. The van der Waals surface area contributed by atoms with Gasteiger partial charge in [-0.3, -0.25) is 0 Å². The van der Waals surface area contributed by atoms with Crippen LogP contribution in [0, 0.1) is 0 Å². The van der Waals surface area contributed by atoms with E-state index in [1.807, 2.05) is 54.7 Å². The van der Waals surface area contributed by atoms with Crippen molar-refractivity contribution in [3.63, 3.8) is 0 Å². The second-order valence-electron chi connectivity index (χ2n) is 9.04. The summed E-state index contributed by atoms with van der Waals surface area (Å²) in [5.41, 5.74) is 9.09. The molecule has 8 heteroatoms. The summed E-state index contributed by atoms with van der Waals surface area (Å²) in [6.45, 7) is 6.56. The molecule has 176 valence electrons. The van der Waals surface area contributed by atoms with Crippen LogP contribution in [0.2, 0.25) is 0 Å². The first kappa shape index (κ1) is 22.2. The van der Waals surface area contributed by atoms with Crippen molar-refractivity contribution < 1.29 is 4.74 Å². The van der Waals surface area contributed by atoms with Crippen molar-refractivity contribution in [1.82, 2.24) is 19.6 Å². The molecule has 0 bridgehead atoms. The van der Waals surface area contributed by atoms with E-state index in [0.717, 1.165) is 60.2 Å². The fourth-order valence-electron chi connectivity index (χ4n) is 4.19. The molecule has 2 aromatic carbocycles. The van der Waals surface area contributed by atoms with Gasteiger partial charge in [-0.2, -0.15) is 19.6 Å². The van der Waals surface area contributed by atoms with Crippen LogP contribution in [0.15, 0.2) is 60.8 Å². The van der Waals surface area contributed by atoms with Gasteiger partial charge in [-0.05, 0) is 37.0 Å². The quantitative estimate of drug-likeness (QED) is 0.419. The third-order valence-electron chi connectivity index (χ3n) is 6.21. The van der Waals surface area contributed by atoms with E-state index in [4.69, 9.17) is 20.4 Å². The Bertz CT molecular complexity index is 1250. The standard InChI is InChI=1S/C26H31N7O/c1-18(2)22-17-29-33-24(22)30-26(32-14-12-20(27)13-15-32)31-25(33)28-16-19-8-6-7-11-23(19)34-21-9-4-3-5-10-21/h3-11,17-18,20H,12-16,27H2,1-2H3,(H,28,30,31). The number of fused-ring (bicyclic) bond motifs is 1. The first-order chi connectivity index (χ1) is 16.6. The highest BCUT2D eigenvalue weighted by molar-refractivity contribution is 5.56. The predicted octanol–water partition coefficient (Wildman–Crippen LogP) is 4.58. The van der Waals surface area contributed by atoms with Crippen molar-refractivity contribution in [2.24, 2.45) is 5.73 Å². The second-order valence-corrected chi connectivity index (χ2v) is 9.04. The molecule has 4 aromatic rings. The van der Waals surface area contributed by atoms with Gasteiger partial charge >= 0.3 is 0 Å². The largest absolute Gasteiger partial charge is 0.457 e. The van der Waals surface area contributed by atoms with Crippen LogP contribution in [0.25, 0.3) is 5.65 Å². The lowest BCUT2D eigenvalue weighted by molar-refractivity contribution is 0.477. The van der Waals surface area contributed by atoms with Crippen LogP contribution in [-0.2, 0) is 6.54 Å². The smallest absolute Gasteiger partial charge is 0.230 e. The van der Waals surface area contributed by atoms with E-state index >= 15 is 0 Å². The molecule has 1 aliphatic rings. The zero-order valence-electron chi connectivity index (χ0n) is 19.7. The molecular weight excluding hydrogens is 426 g/mol. The summed E-state index contributed by atoms with van der Waals surface area (Å²) in [5, 5.41) is 8.09. The number of hydrogen-bond donors (Lipinski definition) is 2. The normalized spacial score (nSPS) is 14.6. The number of hydrogen-bond acceptors (Lipinski definition) is 7. The number of nitrogens with zero attached hydrogens (tertiary/aromatic N) is 5. The molecule has 3 heterocycles. The van der Waals surface area contributed by atoms with E-state index in [9.17, 15) is 0 Å². The molecule has 1 saturated heterocycles. The number of aromatic nitrogens is 4. The number of piperidine rings is 1. The molecule has 0 aliphatic carbocycles. The molecule has 0 atom stereocenters. The Kier molecular flexibility index (Phi) is 6.31. The van der Waals surface area contributed by atoms with Gasteiger partial charge in [-0.15, -0.1) is 0 Å². The maximum absolute atomic E-state index is 6.13. The van der Waals surface area contributed by atoms with Crippen molar-refractivity contribution in [3.05, 3.63) is 71.9 Å². The zero-order valence-corrected chi connectivity index (χ0v) is 19.7. The summed E-state index contributed by atoms with van der Waals surface area (Å²) in [5.74, 6) is 3.30. The molecule has 5 rings (SSSR count). The fraction of sp³-hybridized carbons (Fsp3) is 0.346. The minimum absolute atomic E-state index is 0.250. The monoisotopic (exact) mass is 457 g/mol. The van der Waals surface area contributed by atoms with Crippen molar-refractivity contribution in [2.45, 2.75) is 45.2 Å². The third kappa shape index (κ3) is 4.68. The van der Waals surface area contributed by atoms with Gasteiger partial charge in [-0.25, -0.2) is 0 Å². The van der Waals surface area contributed by atoms with Gasteiger partial charge in [0.05, 0.1) is 6.20 Å². The van der Waals surface area contributed by atoms with Crippen LogP contribution < -0.4 is 20.7 Å². The van der Waals surface area contributed by atoms with Gasteiger partial charge in [-0.1, -0.05) is 50.2 Å². The van der Waals surface area contributed by atoms with Gasteiger partial charge in [0.2, 0.25) is 11.9 Å². The molecule has 1 fully saturated rings. The minimum atomic E-state index is 0.250. The zero-order chi connectivity index (χ0) is 23.5. The summed E-state index contributed by atoms with van der Waals surface area (Å²) in [6, 6.07) is 18.1. The first-order valence-electron chi connectivity index (χ1n) is 11.9. The highest BCUT2D eigenvalue weighted by Crippen LogP contribution is 2.27. The minimum Gasteiger partial charge on any atom is -0.457 e. The van der Waals surface area contributed by atoms with Gasteiger partial charge in [0, 0.05) is 36.8 Å². The van der Waals surface area contributed by atoms with Crippen LogP contribution >= 0.6 is 0 Å². The van der Waals surface area contributed by atoms with Gasteiger partial charge in [0.1, 0.15) is 11.5 Å². The van der Waals surface area contributed by atoms with Gasteiger partial charge < -0.3 is 20.7 Å². The van der Waals surface area contributed by atoms with Crippen molar-refractivity contribution >= 4 is 17.5 Å². The number of ether oxygens (including phenoxy) is 1. The third-order valence-corrected chi connectivity index (χ3v) is 6.21. The Morgan fingerprint density at radius 3 is 2.53 bits per heavy atom. The van der Waals surface area contributed by atoms with Crippen molar-refractivity contribution in [1.29, 1.82) is 0 Å². The van der Waals surface area contributed by atoms with Crippen LogP contribution in [0.1, 0.15) is 43.7 Å². The molecule has 0 spiro atoms. The molecule has 8 nitrogen and oxygen atoms in total. The maximum atomic E-state index is 6.13. The summed E-state index contributed by atoms with van der Waals surface area (Å²) in [6.07, 6.45) is 3.78. The molecule has 2 aromatic heterocycles. The average molecular weight is 458 g/mol. The lowest BCUT2D eigenvalue weighted by atomic mass is 10.1. The Balaban J connectivity index is 1.45. The van der Waals surface area contributed by atoms with Gasteiger partial charge in [0.15, 0.2) is 5.65 Å². The number of para-hydroxylation sites is 2. The Hall–Kier alpha value is -3.65. The molecule has 34 heavy (non-hydrogen) atoms. The number of nitrogens with one attached hydrogen (secondary N) is 1. The van der Waals surface area contributed by atoms with Crippen LogP contribution in [0.5, 0.6) is 11.5 Å². The van der Waals surface area contributed by atoms with E-state index in [2.05, 4.69) is 35.2 Å². The summed E-state index contributed by atoms with van der Waals surface area (Å²) in [7, 11) is 0. The Morgan fingerprint density at radius 1 is 1.03 bits per heavy atom. The van der Waals surface area contributed by atoms with E-state index in [0.29, 0.717) is 18.4 Å². The highest BCUT2D eigenvalue weighted by atomic mass is 16.5. The average Bonchev–Trinajstić information content (AvgIpc) is 3.29. The summed E-state index contributed by atoms with van der Waals surface area (Å²) < 4.78 is 7.94. The molecule has 3 N–H and O–H groups in total. The van der Waals surface area contributed by atoms with Crippen LogP contribution in [-0.4, -0.2) is 38.7 Å². The topological polar surface area (TPSA) is 93.6 Å². The SMILES string of the molecule is CC(C)c1cnn2c(NCc3ccccc3Oc3ccccc3)nc(N3CCC(N)CC3)nc12. The van der Waals surface area contributed by atoms with E-state index in [1.54, 1.807) is 4.52 Å². The number of benzene rings is 2. The van der Waals surface area contributed by atoms with Crippen LogP contribution in [0.4, 0.5) is 11.9 Å². The van der Waals surface area contributed by atoms with Gasteiger partial charge in [0.25, 0.3) is 0 Å². The fourth-order valence-corrected chi connectivity index (χ4v) is 4.19. The molecule has 0 radical (unpaired) electrons. The van der Waals surface area contributed by atoms with Crippen molar-refractivity contribution in [2.75, 3.05) is 23.3 Å². The number of nitrogens with two attached hydrogens (primary N) is 1. The number of anilines is 2. The van der Waals surface area contributed by atoms with Crippen molar-refractivity contribution in [3.8, 4) is 11.5 Å². The number of rotatable bonds is 7. The first-order valence-corrected chi connectivity index (χ1v) is 11.9. The Morgan fingerprint density at radius 2 is 1.76 bits per heavy atom. The summed E-state index contributed by atoms with van der Waals surface area (Å²) in [4.78, 5) is 12.0. The summed E-state index contributed by atoms with van der Waals surface area (Å²) >= 11 is 0. The molecule has 0 unspecified atom stereocenters. The predicted molar refractivity (Wildman–Crippen MR) is 135 cm³/mol. The Labute approximate surface area is 199 Å². The molecular formula is C26H31N7O. The second kappa shape index (κ2) is 9.69. The van der Waals surface area contributed by atoms with E-state index < -0.39 is 0 Å². The van der Waals surface area contributed by atoms with E-state index in [-0.39, 0.29) is 6.04 Å². The lowest BCUT2D eigenvalue weighted by Crippen LogP contribution is -2.40. The van der Waals surface area contributed by atoms with E-state index in [1.165, 1.54) is 0 Å². The highest BCUT2D eigenvalue weighted by Gasteiger charge is 2.22. The molecule has 0 amide bonds. The van der Waals surface area contributed by atoms with Crippen LogP contribution in [0.3, 0.4) is 0 Å². The molecule has 1 aliphatic heterocycles.